The molecule has 1 saturated heterocycles. The van der Waals surface area contributed by atoms with Crippen LogP contribution >= 0.6 is 15.9 Å². The number of carbonyl (C=O) groups excluding carboxylic acids is 1. The molecule has 1 aromatic rings. The molecule has 1 fully saturated rings. The van der Waals surface area contributed by atoms with Crippen molar-refractivity contribution in [1.29, 1.82) is 0 Å². The van der Waals surface area contributed by atoms with Crippen molar-refractivity contribution in [2.45, 2.75) is 19.8 Å². The van der Waals surface area contributed by atoms with Crippen LogP contribution in [-0.2, 0) is 14.6 Å². The van der Waals surface area contributed by atoms with Crippen molar-refractivity contribution in [2.24, 2.45) is 11.0 Å². The van der Waals surface area contributed by atoms with Crippen LogP contribution in [0.25, 0.3) is 0 Å². The van der Waals surface area contributed by atoms with Gasteiger partial charge in [-0.2, -0.15) is 5.10 Å². The molecule has 1 N–H and O–H groups in total. The first-order valence-electron chi connectivity index (χ1n) is 6.65. The standard InChI is InChI=1S/C14H17BrN2O3S/c1-10(12-2-4-13(15)5-3-12)16-17-14(18)8-11-6-7-21(19,20)9-11/h2-5,11H,6-9H2,1H3,(H,17,18)/b16-10-/t11-/m0/s1. The Bertz CT molecular complexity index is 653. The maximum atomic E-state index is 11.8. The summed E-state index contributed by atoms with van der Waals surface area (Å²) >= 11 is 3.36. The normalized spacial score (nSPS) is 21.2. The molecular weight excluding hydrogens is 356 g/mol. The molecule has 1 aliphatic rings. The summed E-state index contributed by atoms with van der Waals surface area (Å²) in [5.41, 5.74) is 4.11. The average molecular weight is 373 g/mol. The number of hydrogen-bond acceptors (Lipinski definition) is 4. The quantitative estimate of drug-likeness (QED) is 0.649. The lowest BCUT2D eigenvalue weighted by atomic mass is 10.1. The van der Waals surface area contributed by atoms with E-state index in [9.17, 15) is 13.2 Å². The molecular formula is C14H17BrN2O3S. The SMILES string of the molecule is C/C(=N/NC(=O)C[C@@H]1CCS(=O)(=O)C1)c1ccc(Br)cc1. The highest BCUT2D eigenvalue weighted by Crippen LogP contribution is 2.21. The highest BCUT2D eigenvalue weighted by molar-refractivity contribution is 9.10. The fraction of sp³-hybridized carbons (Fsp3) is 0.429. The molecule has 0 aromatic heterocycles. The summed E-state index contributed by atoms with van der Waals surface area (Å²) in [6.45, 7) is 1.81. The number of hydrogen-bond donors (Lipinski definition) is 1. The molecule has 1 aromatic carbocycles. The van der Waals surface area contributed by atoms with Crippen LogP contribution in [0.4, 0.5) is 0 Å². The number of rotatable bonds is 4. The van der Waals surface area contributed by atoms with Gasteiger partial charge in [-0.25, -0.2) is 13.8 Å². The van der Waals surface area contributed by atoms with Crippen molar-refractivity contribution in [3.63, 3.8) is 0 Å². The highest BCUT2D eigenvalue weighted by atomic mass is 79.9. The van der Waals surface area contributed by atoms with E-state index in [1.165, 1.54) is 0 Å². The summed E-state index contributed by atoms with van der Waals surface area (Å²) in [5, 5.41) is 4.05. The molecule has 114 valence electrons. The molecule has 1 amide bonds. The van der Waals surface area contributed by atoms with Crippen molar-refractivity contribution < 1.29 is 13.2 Å². The van der Waals surface area contributed by atoms with Gasteiger partial charge in [-0.05, 0) is 37.0 Å². The third-order valence-corrected chi connectivity index (χ3v) is 5.78. The second-order valence-corrected chi connectivity index (χ2v) is 8.36. The molecule has 2 rings (SSSR count). The minimum atomic E-state index is -2.94. The number of amides is 1. The number of nitrogens with one attached hydrogen (secondary N) is 1. The fourth-order valence-corrected chi connectivity index (χ4v) is 4.37. The Kier molecular flexibility index (Phi) is 5.16. The first-order chi connectivity index (χ1) is 9.85. The molecule has 21 heavy (non-hydrogen) atoms. The Morgan fingerprint density at radius 3 is 2.62 bits per heavy atom. The minimum absolute atomic E-state index is 0.0850. The van der Waals surface area contributed by atoms with E-state index < -0.39 is 9.84 Å². The smallest absolute Gasteiger partial charge is 0.240 e. The molecule has 5 nitrogen and oxygen atoms in total. The van der Waals surface area contributed by atoms with Gasteiger partial charge in [-0.1, -0.05) is 28.1 Å². The number of hydrazone groups is 1. The van der Waals surface area contributed by atoms with E-state index in [4.69, 9.17) is 0 Å². The molecule has 0 radical (unpaired) electrons. The Labute approximate surface area is 132 Å². The number of sulfone groups is 1. The van der Waals surface area contributed by atoms with Gasteiger partial charge in [0.05, 0.1) is 17.2 Å². The van der Waals surface area contributed by atoms with Crippen LogP contribution in [0.5, 0.6) is 0 Å². The molecule has 7 heteroatoms. The van der Waals surface area contributed by atoms with Gasteiger partial charge in [-0.15, -0.1) is 0 Å². The first kappa shape index (κ1) is 16.2. The molecule has 1 atom stereocenters. The van der Waals surface area contributed by atoms with Crippen molar-refractivity contribution in [2.75, 3.05) is 11.5 Å². The first-order valence-corrected chi connectivity index (χ1v) is 9.27. The lowest BCUT2D eigenvalue weighted by Crippen LogP contribution is -2.22. The zero-order valence-corrected chi connectivity index (χ0v) is 14.1. The third kappa shape index (κ3) is 4.93. The monoisotopic (exact) mass is 372 g/mol. The van der Waals surface area contributed by atoms with E-state index in [1.54, 1.807) is 0 Å². The van der Waals surface area contributed by atoms with Crippen LogP contribution in [0.2, 0.25) is 0 Å². The maximum Gasteiger partial charge on any atom is 0.240 e. The molecule has 0 aliphatic carbocycles. The van der Waals surface area contributed by atoms with E-state index in [2.05, 4.69) is 26.5 Å². The summed E-state index contributed by atoms with van der Waals surface area (Å²) in [6, 6.07) is 7.61. The Morgan fingerprint density at radius 1 is 1.38 bits per heavy atom. The summed E-state index contributed by atoms with van der Waals surface area (Å²) < 4.78 is 23.7. The van der Waals surface area contributed by atoms with E-state index in [0.717, 1.165) is 10.0 Å². The van der Waals surface area contributed by atoms with Crippen molar-refractivity contribution in [3.8, 4) is 0 Å². The largest absolute Gasteiger partial charge is 0.273 e. The zero-order chi connectivity index (χ0) is 15.5. The maximum absolute atomic E-state index is 11.8. The van der Waals surface area contributed by atoms with E-state index in [1.807, 2.05) is 31.2 Å². The summed E-state index contributed by atoms with van der Waals surface area (Å²) in [6.07, 6.45) is 0.765. The van der Waals surface area contributed by atoms with Crippen molar-refractivity contribution >= 4 is 37.4 Å². The highest BCUT2D eigenvalue weighted by Gasteiger charge is 2.29. The van der Waals surface area contributed by atoms with Crippen molar-refractivity contribution in [1.82, 2.24) is 5.43 Å². The molecule has 0 bridgehead atoms. The summed E-state index contributed by atoms with van der Waals surface area (Å²) in [5.74, 6) is -0.0335. The van der Waals surface area contributed by atoms with E-state index in [0.29, 0.717) is 12.1 Å². The lowest BCUT2D eigenvalue weighted by molar-refractivity contribution is -0.121. The van der Waals surface area contributed by atoms with Crippen LogP contribution in [0.15, 0.2) is 33.8 Å². The molecule has 0 saturated carbocycles. The zero-order valence-electron chi connectivity index (χ0n) is 11.7. The number of nitrogens with zero attached hydrogens (tertiary/aromatic N) is 1. The van der Waals surface area contributed by atoms with Crippen molar-refractivity contribution in [3.05, 3.63) is 34.3 Å². The van der Waals surface area contributed by atoms with E-state index >= 15 is 0 Å². The Hall–Kier alpha value is -1.21. The Morgan fingerprint density at radius 2 is 2.05 bits per heavy atom. The van der Waals surface area contributed by atoms with Gasteiger partial charge in [0.2, 0.25) is 5.91 Å². The second-order valence-electron chi connectivity index (χ2n) is 5.21. The Balaban J connectivity index is 1.88. The number of carbonyl (C=O) groups is 1. The van der Waals surface area contributed by atoms with Gasteiger partial charge in [0.1, 0.15) is 0 Å². The van der Waals surface area contributed by atoms with Gasteiger partial charge < -0.3 is 0 Å². The van der Waals surface area contributed by atoms with Gasteiger partial charge in [0.25, 0.3) is 0 Å². The summed E-state index contributed by atoms with van der Waals surface area (Å²) in [7, 11) is -2.94. The topological polar surface area (TPSA) is 75.6 Å². The van der Waals surface area contributed by atoms with Crippen LogP contribution in [-0.4, -0.2) is 31.5 Å². The average Bonchev–Trinajstić information content (AvgIpc) is 2.76. The predicted octanol–water partition coefficient (Wildman–Crippen LogP) is 2.11. The van der Waals surface area contributed by atoms with Crippen LogP contribution < -0.4 is 5.43 Å². The molecule has 1 heterocycles. The molecule has 0 unspecified atom stereocenters. The minimum Gasteiger partial charge on any atom is -0.273 e. The third-order valence-electron chi connectivity index (χ3n) is 3.41. The van der Waals surface area contributed by atoms with E-state index in [-0.39, 0.29) is 29.8 Å². The lowest BCUT2D eigenvalue weighted by Gasteiger charge is -2.06. The second kappa shape index (κ2) is 6.70. The summed E-state index contributed by atoms with van der Waals surface area (Å²) in [4.78, 5) is 11.8. The van der Waals surface area contributed by atoms with Gasteiger partial charge in [-0.3, -0.25) is 4.79 Å². The molecule has 1 aliphatic heterocycles. The predicted molar refractivity (Wildman–Crippen MR) is 85.9 cm³/mol. The van der Waals surface area contributed by atoms with Crippen LogP contribution in [0, 0.1) is 5.92 Å². The van der Waals surface area contributed by atoms with Gasteiger partial charge in [0, 0.05) is 10.9 Å². The van der Waals surface area contributed by atoms with Gasteiger partial charge in [0.15, 0.2) is 9.84 Å². The number of benzene rings is 1. The van der Waals surface area contributed by atoms with Crippen LogP contribution in [0.3, 0.4) is 0 Å². The molecule has 0 spiro atoms. The van der Waals surface area contributed by atoms with Gasteiger partial charge >= 0.3 is 0 Å². The number of halogens is 1. The fourth-order valence-electron chi connectivity index (χ4n) is 2.24. The van der Waals surface area contributed by atoms with Crippen LogP contribution in [0.1, 0.15) is 25.3 Å².